The monoisotopic (exact) mass is 224 g/mol. The van der Waals surface area contributed by atoms with Gasteiger partial charge in [0.2, 0.25) is 11.9 Å². The van der Waals surface area contributed by atoms with Gasteiger partial charge in [-0.05, 0) is 13.0 Å². The van der Waals surface area contributed by atoms with Gasteiger partial charge in [-0.3, -0.25) is 4.79 Å². The second-order valence-electron chi connectivity index (χ2n) is 3.17. The standard InChI is InChI=1S/C10H16N4O2/c1-8(16-2)9(15)11-6-7-14-10-12-4-3-5-13-10/h3-5,8H,6-7H2,1-2H3,(H,11,15)(H,12,13,14). The summed E-state index contributed by atoms with van der Waals surface area (Å²) in [7, 11) is 1.50. The number of methoxy groups -OCH3 is 1. The molecule has 1 aromatic rings. The van der Waals surface area contributed by atoms with Crippen molar-refractivity contribution in [2.45, 2.75) is 13.0 Å². The molecule has 0 saturated carbocycles. The summed E-state index contributed by atoms with van der Waals surface area (Å²) in [4.78, 5) is 19.3. The summed E-state index contributed by atoms with van der Waals surface area (Å²) in [5, 5.41) is 5.70. The van der Waals surface area contributed by atoms with Crippen LogP contribution in [0.1, 0.15) is 6.92 Å². The second kappa shape index (κ2) is 6.73. The molecule has 0 aliphatic carbocycles. The van der Waals surface area contributed by atoms with Gasteiger partial charge in [0, 0.05) is 32.6 Å². The lowest BCUT2D eigenvalue weighted by atomic mass is 10.4. The number of ether oxygens (including phenoxy) is 1. The highest BCUT2D eigenvalue weighted by atomic mass is 16.5. The normalized spacial score (nSPS) is 11.9. The van der Waals surface area contributed by atoms with E-state index >= 15 is 0 Å². The van der Waals surface area contributed by atoms with Gasteiger partial charge in [0.05, 0.1) is 0 Å². The quantitative estimate of drug-likeness (QED) is 0.667. The van der Waals surface area contributed by atoms with E-state index in [1.54, 1.807) is 25.4 Å². The zero-order valence-electron chi connectivity index (χ0n) is 9.43. The van der Waals surface area contributed by atoms with Crippen molar-refractivity contribution >= 4 is 11.9 Å². The number of nitrogens with one attached hydrogen (secondary N) is 2. The molecule has 88 valence electrons. The highest BCUT2D eigenvalue weighted by Gasteiger charge is 2.09. The van der Waals surface area contributed by atoms with Crippen molar-refractivity contribution in [3.05, 3.63) is 18.5 Å². The first-order valence-corrected chi connectivity index (χ1v) is 5.05. The van der Waals surface area contributed by atoms with E-state index in [9.17, 15) is 4.79 Å². The highest BCUT2D eigenvalue weighted by Crippen LogP contribution is 1.92. The maximum atomic E-state index is 11.3. The van der Waals surface area contributed by atoms with Crippen LogP contribution in [0.4, 0.5) is 5.95 Å². The molecule has 0 spiro atoms. The molecule has 1 unspecified atom stereocenters. The number of carbonyl (C=O) groups is 1. The third-order valence-corrected chi connectivity index (χ3v) is 2.00. The molecule has 16 heavy (non-hydrogen) atoms. The smallest absolute Gasteiger partial charge is 0.248 e. The molecule has 0 fully saturated rings. The summed E-state index contributed by atoms with van der Waals surface area (Å²) in [5.41, 5.74) is 0. The first kappa shape index (κ1) is 12.4. The largest absolute Gasteiger partial charge is 0.372 e. The Morgan fingerprint density at radius 1 is 1.44 bits per heavy atom. The summed E-state index contributed by atoms with van der Waals surface area (Å²) in [6.45, 7) is 2.78. The number of hydrogen-bond acceptors (Lipinski definition) is 5. The van der Waals surface area contributed by atoms with E-state index in [1.165, 1.54) is 7.11 Å². The van der Waals surface area contributed by atoms with Gasteiger partial charge in [0.1, 0.15) is 6.10 Å². The molecule has 0 radical (unpaired) electrons. The van der Waals surface area contributed by atoms with E-state index in [2.05, 4.69) is 20.6 Å². The Morgan fingerprint density at radius 3 is 2.75 bits per heavy atom. The number of anilines is 1. The van der Waals surface area contributed by atoms with E-state index in [0.717, 1.165) is 0 Å². The summed E-state index contributed by atoms with van der Waals surface area (Å²) in [6.07, 6.45) is 2.88. The minimum atomic E-state index is -0.423. The molecule has 1 amide bonds. The van der Waals surface area contributed by atoms with Crippen LogP contribution in [0.2, 0.25) is 0 Å². The molecule has 0 bridgehead atoms. The van der Waals surface area contributed by atoms with Crippen molar-refractivity contribution in [3.8, 4) is 0 Å². The van der Waals surface area contributed by atoms with E-state index in [-0.39, 0.29) is 5.91 Å². The van der Waals surface area contributed by atoms with Crippen LogP contribution in [0.15, 0.2) is 18.5 Å². The van der Waals surface area contributed by atoms with Gasteiger partial charge in [-0.25, -0.2) is 9.97 Å². The van der Waals surface area contributed by atoms with Gasteiger partial charge in [0.15, 0.2) is 0 Å². The van der Waals surface area contributed by atoms with E-state index in [0.29, 0.717) is 19.0 Å². The molecular formula is C10H16N4O2. The van der Waals surface area contributed by atoms with Gasteiger partial charge in [-0.1, -0.05) is 0 Å². The van der Waals surface area contributed by atoms with Crippen molar-refractivity contribution in [1.82, 2.24) is 15.3 Å². The van der Waals surface area contributed by atoms with Crippen LogP contribution in [0.3, 0.4) is 0 Å². The minimum Gasteiger partial charge on any atom is -0.372 e. The van der Waals surface area contributed by atoms with Crippen LogP contribution in [0.25, 0.3) is 0 Å². The Hall–Kier alpha value is -1.69. The molecular weight excluding hydrogens is 208 g/mol. The molecule has 0 aliphatic heterocycles. The predicted octanol–water partition coefficient (Wildman–Crippen LogP) is 0.0396. The fraction of sp³-hybridized carbons (Fsp3) is 0.500. The van der Waals surface area contributed by atoms with Gasteiger partial charge in [-0.2, -0.15) is 0 Å². The lowest BCUT2D eigenvalue weighted by molar-refractivity contribution is -0.129. The summed E-state index contributed by atoms with van der Waals surface area (Å²) >= 11 is 0. The SMILES string of the molecule is COC(C)C(=O)NCCNc1ncccn1. The van der Waals surface area contributed by atoms with Gasteiger partial charge in [0.25, 0.3) is 0 Å². The van der Waals surface area contributed by atoms with Crippen LogP contribution in [-0.4, -0.2) is 42.2 Å². The van der Waals surface area contributed by atoms with Crippen LogP contribution in [-0.2, 0) is 9.53 Å². The first-order chi connectivity index (χ1) is 7.74. The molecule has 1 heterocycles. The van der Waals surface area contributed by atoms with Crippen LogP contribution >= 0.6 is 0 Å². The fourth-order valence-corrected chi connectivity index (χ4v) is 1.00. The lowest BCUT2D eigenvalue weighted by Crippen LogP contribution is -2.36. The Balaban J connectivity index is 2.15. The average molecular weight is 224 g/mol. The van der Waals surface area contributed by atoms with Crippen molar-refractivity contribution in [2.24, 2.45) is 0 Å². The molecule has 1 aromatic heterocycles. The molecule has 0 aliphatic rings. The molecule has 1 atom stereocenters. The second-order valence-corrected chi connectivity index (χ2v) is 3.17. The average Bonchev–Trinajstić information content (AvgIpc) is 2.34. The minimum absolute atomic E-state index is 0.127. The van der Waals surface area contributed by atoms with Crippen molar-refractivity contribution in [1.29, 1.82) is 0 Å². The van der Waals surface area contributed by atoms with Gasteiger partial charge < -0.3 is 15.4 Å². The zero-order valence-corrected chi connectivity index (χ0v) is 9.43. The molecule has 2 N–H and O–H groups in total. The first-order valence-electron chi connectivity index (χ1n) is 5.05. The Morgan fingerprint density at radius 2 is 2.12 bits per heavy atom. The van der Waals surface area contributed by atoms with E-state index < -0.39 is 6.10 Å². The van der Waals surface area contributed by atoms with E-state index in [4.69, 9.17) is 4.74 Å². The van der Waals surface area contributed by atoms with Crippen molar-refractivity contribution in [2.75, 3.05) is 25.5 Å². The topological polar surface area (TPSA) is 76.1 Å². The molecule has 0 saturated heterocycles. The molecule has 6 heteroatoms. The third-order valence-electron chi connectivity index (χ3n) is 2.00. The predicted molar refractivity (Wildman–Crippen MR) is 60.0 cm³/mol. The Bertz CT molecular complexity index is 318. The number of carbonyl (C=O) groups excluding carboxylic acids is 1. The Kier molecular flexibility index (Phi) is 5.21. The number of rotatable bonds is 6. The highest BCUT2D eigenvalue weighted by molar-refractivity contribution is 5.80. The third kappa shape index (κ3) is 4.22. The molecule has 1 rings (SSSR count). The van der Waals surface area contributed by atoms with Crippen LogP contribution in [0, 0.1) is 0 Å². The molecule has 0 aromatic carbocycles. The number of aromatic nitrogens is 2. The molecule has 6 nitrogen and oxygen atoms in total. The summed E-state index contributed by atoms with van der Waals surface area (Å²) in [6, 6.07) is 1.74. The van der Waals surface area contributed by atoms with Gasteiger partial charge in [-0.15, -0.1) is 0 Å². The van der Waals surface area contributed by atoms with E-state index in [1.807, 2.05) is 0 Å². The summed E-state index contributed by atoms with van der Waals surface area (Å²) < 4.78 is 4.87. The fourth-order valence-electron chi connectivity index (χ4n) is 1.00. The number of hydrogen-bond donors (Lipinski definition) is 2. The zero-order chi connectivity index (χ0) is 11.8. The van der Waals surface area contributed by atoms with Crippen molar-refractivity contribution < 1.29 is 9.53 Å². The Labute approximate surface area is 94.4 Å². The van der Waals surface area contributed by atoms with Crippen molar-refractivity contribution in [3.63, 3.8) is 0 Å². The maximum Gasteiger partial charge on any atom is 0.248 e. The number of amides is 1. The van der Waals surface area contributed by atoms with Crippen LogP contribution in [0.5, 0.6) is 0 Å². The lowest BCUT2D eigenvalue weighted by Gasteiger charge is -2.10. The number of nitrogens with zero attached hydrogens (tertiary/aromatic N) is 2. The summed E-state index contributed by atoms with van der Waals surface area (Å²) in [5.74, 6) is 0.426. The van der Waals surface area contributed by atoms with Crippen LogP contribution < -0.4 is 10.6 Å². The van der Waals surface area contributed by atoms with Gasteiger partial charge >= 0.3 is 0 Å². The maximum absolute atomic E-state index is 11.3.